The van der Waals surface area contributed by atoms with Gasteiger partial charge < -0.3 is 5.32 Å². The molecule has 2 aliphatic rings. The van der Waals surface area contributed by atoms with E-state index in [1.165, 1.54) is 11.8 Å². The average Bonchev–Trinajstić information content (AvgIpc) is 3.45. The second kappa shape index (κ2) is 9.70. The van der Waals surface area contributed by atoms with Gasteiger partial charge in [-0.25, -0.2) is 0 Å². The highest BCUT2D eigenvalue weighted by atomic mass is 79.9. The highest BCUT2D eigenvalue weighted by Crippen LogP contribution is 2.29. The van der Waals surface area contributed by atoms with Crippen molar-refractivity contribution in [3.05, 3.63) is 53.3 Å². The van der Waals surface area contributed by atoms with Crippen molar-refractivity contribution < 1.29 is 4.79 Å². The number of halogens is 1. The molecule has 1 aromatic carbocycles. The molecule has 1 saturated heterocycles. The molecule has 3 N–H and O–H groups in total. The number of rotatable bonds is 6. The second-order valence-electron chi connectivity index (χ2n) is 8.12. The maximum absolute atomic E-state index is 12.7. The van der Waals surface area contributed by atoms with Gasteiger partial charge in [0.25, 0.3) is 0 Å². The SMILES string of the molecule is O=C(CSc1nnc(-c2cccnc2)n1-c1ccc(Br)cc1)NC1CCC2CNNC2C1. The minimum atomic E-state index is 0.0256. The highest BCUT2D eigenvalue weighted by molar-refractivity contribution is 9.10. The van der Waals surface area contributed by atoms with Crippen molar-refractivity contribution >= 4 is 33.6 Å². The van der Waals surface area contributed by atoms with E-state index in [9.17, 15) is 4.79 Å². The van der Waals surface area contributed by atoms with Gasteiger partial charge in [-0.1, -0.05) is 27.7 Å². The Hall–Kier alpha value is -2.27. The lowest BCUT2D eigenvalue weighted by molar-refractivity contribution is -0.119. The molecule has 3 atom stereocenters. The van der Waals surface area contributed by atoms with Gasteiger partial charge in [-0.3, -0.25) is 25.2 Å². The molecule has 3 heterocycles. The van der Waals surface area contributed by atoms with Crippen molar-refractivity contribution in [1.82, 2.24) is 35.9 Å². The lowest BCUT2D eigenvalue weighted by atomic mass is 9.83. The fourth-order valence-corrected chi connectivity index (χ4v) is 5.40. The van der Waals surface area contributed by atoms with Crippen molar-refractivity contribution in [3.8, 4) is 17.1 Å². The molecule has 1 saturated carbocycles. The van der Waals surface area contributed by atoms with E-state index in [4.69, 9.17) is 0 Å². The first-order chi connectivity index (χ1) is 15.7. The summed E-state index contributed by atoms with van der Waals surface area (Å²) < 4.78 is 2.97. The predicted molar refractivity (Wildman–Crippen MR) is 127 cm³/mol. The molecule has 5 rings (SSSR count). The molecule has 1 aliphatic carbocycles. The minimum Gasteiger partial charge on any atom is -0.353 e. The van der Waals surface area contributed by atoms with Gasteiger partial charge in [0.05, 0.1) is 5.75 Å². The van der Waals surface area contributed by atoms with E-state index in [0.717, 1.165) is 41.5 Å². The topological polar surface area (TPSA) is 96.8 Å². The van der Waals surface area contributed by atoms with E-state index in [2.05, 4.69) is 47.3 Å². The summed E-state index contributed by atoms with van der Waals surface area (Å²) >= 11 is 4.88. The quantitative estimate of drug-likeness (QED) is 0.436. The number of pyridine rings is 1. The maximum Gasteiger partial charge on any atom is 0.230 e. The van der Waals surface area contributed by atoms with E-state index >= 15 is 0 Å². The van der Waals surface area contributed by atoms with Gasteiger partial charge >= 0.3 is 0 Å². The van der Waals surface area contributed by atoms with Gasteiger partial charge in [-0.2, -0.15) is 0 Å². The van der Waals surface area contributed by atoms with Gasteiger partial charge in [-0.15, -0.1) is 10.2 Å². The van der Waals surface area contributed by atoms with Crippen molar-refractivity contribution in [2.45, 2.75) is 36.5 Å². The van der Waals surface area contributed by atoms with Crippen LogP contribution >= 0.6 is 27.7 Å². The molecule has 1 aliphatic heterocycles. The summed E-state index contributed by atoms with van der Waals surface area (Å²) in [6, 6.07) is 12.4. The van der Waals surface area contributed by atoms with Crippen LogP contribution in [0.5, 0.6) is 0 Å². The fraction of sp³-hybridized carbons (Fsp3) is 0.364. The molecule has 0 radical (unpaired) electrons. The van der Waals surface area contributed by atoms with Crippen LogP contribution in [0.4, 0.5) is 0 Å². The number of nitrogens with one attached hydrogen (secondary N) is 3. The molecule has 10 heteroatoms. The number of nitrogens with zero attached hydrogens (tertiary/aromatic N) is 4. The second-order valence-corrected chi connectivity index (χ2v) is 9.98. The average molecular weight is 514 g/mol. The lowest BCUT2D eigenvalue weighted by Gasteiger charge is -2.31. The molecular formula is C22H24BrN7OS. The largest absolute Gasteiger partial charge is 0.353 e. The first kappa shape index (κ1) is 21.6. The fourth-order valence-electron chi connectivity index (χ4n) is 4.37. The van der Waals surface area contributed by atoms with Crippen LogP contribution in [0, 0.1) is 5.92 Å². The number of amides is 1. The Bertz CT molecular complexity index is 1080. The summed E-state index contributed by atoms with van der Waals surface area (Å²) in [5.41, 5.74) is 8.36. The number of hydrogen-bond donors (Lipinski definition) is 3. The molecule has 3 aromatic rings. The van der Waals surface area contributed by atoms with Crippen LogP contribution in [0.1, 0.15) is 19.3 Å². The van der Waals surface area contributed by atoms with E-state index in [-0.39, 0.29) is 17.7 Å². The van der Waals surface area contributed by atoms with E-state index < -0.39 is 0 Å². The normalized spacial score (nSPS) is 22.5. The van der Waals surface area contributed by atoms with E-state index in [0.29, 0.717) is 22.9 Å². The molecule has 0 bridgehead atoms. The number of thioether (sulfide) groups is 1. The standard InChI is InChI=1S/C22H24BrN7OS/c23-16-4-7-18(8-5-16)30-21(15-2-1-9-24-11-15)28-29-22(30)32-13-20(31)26-17-6-3-14-12-25-27-19(14)10-17/h1-2,4-5,7-9,11,14,17,19,25,27H,3,6,10,12-13H2,(H,26,31). The predicted octanol–water partition coefficient (Wildman–Crippen LogP) is 2.95. The summed E-state index contributed by atoms with van der Waals surface area (Å²) in [7, 11) is 0. The van der Waals surface area contributed by atoms with Crippen molar-refractivity contribution in [2.75, 3.05) is 12.3 Å². The van der Waals surface area contributed by atoms with Crippen LogP contribution < -0.4 is 16.2 Å². The number of carbonyl (C=O) groups is 1. The first-order valence-electron chi connectivity index (χ1n) is 10.7. The molecule has 1 amide bonds. The van der Waals surface area contributed by atoms with E-state index in [1.807, 2.05) is 41.0 Å². The van der Waals surface area contributed by atoms with Crippen LogP contribution in [-0.4, -0.2) is 50.0 Å². The monoisotopic (exact) mass is 513 g/mol. The number of fused-ring (bicyclic) bond motifs is 1. The third kappa shape index (κ3) is 4.73. The Balaban J connectivity index is 1.30. The Morgan fingerprint density at radius 1 is 1.22 bits per heavy atom. The van der Waals surface area contributed by atoms with Crippen molar-refractivity contribution in [2.24, 2.45) is 5.92 Å². The molecule has 166 valence electrons. The summed E-state index contributed by atoms with van der Waals surface area (Å²) in [5.74, 6) is 1.69. The van der Waals surface area contributed by atoms with Crippen molar-refractivity contribution in [1.29, 1.82) is 0 Å². The third-order valence-electron chi connectivity index (χ3n) is 5.98. The third-order valence-corrected chi connectivity index (χ3v) is 7.44. The summed E-state index contributed by atoms with van der Waals surface area (Å²) in [5, 5.41) is 12.7. The van der Waals surface area contributed by atoms with Crippen LogP contribution in [0.15, 0.2) is 58.4 Å². The Morgan fingerprint density at radius 3 is 2.91 bits per heavy atom. The molecular weight excluding hydrogens is 490 g/mol. The zero-order valence-electron chi connectivity index (χ0n) is 17.4. The smallest absolute Gasteiger partial charge is 0.230 e. The molecule has 3 unspecified atom stereocenters. The first-order valence-corrected chi connectivity index (χ1v) is 12.5. The summed E-state index contributed by atoms with van der Waals surface area (Å²) in [4.78, 5) is 16.9. The van der Waals surface area contributed by atoms with Gasteiger partial charge in [0, 0.05) is 46.7 Å². The Kier molecular flexibility index (Phi) is 6.54. The molecule has 8 nitrogen and oxygen atoms in total. The molecule has 2 fully saturated rings. The molecule has 32 heavy (non-hydrogen) atoms. The zero-order chi connectivity index (χ0) is 21.9. The molecule has 0 spiro atoms. The van der Waals surface area contributed by atoms with E-state index in [1.54, 1.807) is 12.4 Å². The number of aromatic nitrogens is 4. The van der Waals surface area contributed by atoms with Gasteiger partial charge in [0.2, 0.25) is 5.91 Å². The number of hydrazine groups is 1. The molecule has 2 aromatic heterocycles. The van der Waals surface area contributed by atoms with Crippen LogP contribution in [0.3, 0.4) is 0 Å². The number of carbonyl (C=O) groups excluding carboxylic acids is 1. The van der Waals surface area contributed by atoms with Gasteiger partial charge in [-0.05, 0) is 61.6 Å². The summed E-state index contributed by atoms with van der Waals surface area (Å²) in [6.07, 6.45) is 6.63. The summed E-state index contributed by atoms with van der Waals surface area (Å²) in [6.45, 7) is 1.02. The van der Waals surface area contributed by atoms with Crippen LogP contribution in [0.2, 0.25) is 0 Å². The van der Waals surface area contributed by atoms with Gasteiger partial charge in [0.15, 0.2) is 11.0 Å². The van der Waals surface area contributed by atoms with Crippen molar-refractivity contribution in [3.63, 3.8) is 0 Å². The Morgan fingerprint density at radius 2 is 2.09 bits per heavy atom. The zero-order valence-corrected chi connectivity index (χ0v) is 19.8. The Labute approximate surface area is 199 Å². The number of hydrogen-bond acceptors (Lipinski definition) is 7. The maximum atomic E-state index is 12.7. The van der Waals surface area contributed by atoms with Gasteiger partial charge in [0.1, 0.15) is 0 Å². The minimum absolute atomic E-state index is 0.0256. The highest BCUT2D eigenvalue weighted by Gasteiger charge is 2.34. The van der Waals surface area contributed by atoms with Crippen LogP contribution in [-0.2, 0) is 4.79 Å². The van der Waals surface area contributed by atoms with Crippen LogP contribution in [0.25, 0.3) is 17.1 Å². The lowest BCUT2D eigenvalue weighted by Crippen LogP contribution is -2.45. The number of benzene rings is 1.